The Morgan fingerprint density at radius 3 is 3.00 bits per heavy atom. The Morgan fingerprint density at radius 2 is 2.41 bits per heavy atom. The summed E-state index contributed by atoms with van der Waals surface area (Å²) in [6.45, 7) is 2.95. The number of aryl methyl sites for hydroxylation is 1. The lowest BCUT2D eigenvalue weighted by molar-refractivity contribution is 0.0569. The predicted molar refractivity (Wildman–Crippen MR) is 66.6 cm³/mol. The molecule has 0 bridgehead atoms. The predicted octanol–water partition coefficient (Wildman–Crippen LogP) is 0.874. The molecule has 0 radical (unpaired) electrons. The van der Waals surface area contributed by atoms with Crippen molar-refractivity contribution in [1.29, 1.82) is 0 Å². The van der Waals surface area contributed by atoms with E-state index in [1.165, 1.54) is 0 Å². The monoisotopic (exact) mass is 252 g/mol. The fourth-order valence-electron chi connectivity index (χ4n) is 1.58. The molecule has 0 saturated carbocycles. The maximum absolute atomic E-state index is 10.3. The first-order valence-electron chi connectivity index (χ1n) is 5.39. The highest BCUT2D eigenvalue weighted by atomic mass is 32.1. The second-order valence-corrected chi connectivity index (χ2v) is 5.02. The van der Waals surface area contributed by atoms with Crippen LogP contribution < -0.4 is 5.32 Å². The van der Waals surface area contributed by atoms with E-state index >= 15 is 0 Å². The van der Waals surface area contributed by atoms with Crippen LogP contribution in [-0.4, -0.2) is 26.6 Å². The van der Waals surface area contributed by atoms with Crippen LogP contribution in [0.5, 0.6) is 0 Å². The maximum Gasteiger partial charge on any atom is 0.1000 e. The smallest absolute Gasteiger partial charge is 0.1000 e. The average molecular weight is 252 g/mol. The highest BCUT2D eigenvalue weighted by molar-refractivity contribution is 7.08. The summed E-state index contributed by atoms with van der Waals surface area (Å²) in [5, 5.41) is 25.1. The number of nitrogens with zero attached hydrogens (tertiary/aromatic N) is 3. The molecule has 5 nitrogen and oxygen atoms in total. The second-order valence-electron chi connectivity index (χ2n) is 4.24. The fraction of sp³-hybridized carbons (Fsp3) is 0.455. The lowest BCUT2D eigenvalue weighted by Crippen LogP contribution is -2.35. The Balaban J connectivity index is 1.88. The van der Waals surface area contributed by atoms with Crippen molar-refractivity contribution in [3.05, 3.63) is 34.3 Å². The molecular formula is C11H16N4OS. The van der Waals surface area contributed by atoms with Gasteiger partial charge in [-0.1, -0.05) is 5.21 Å². The van der Waals surface area contributed by atoms with E-state index in [-0.39, 0.29) is 0 Å². The van der Waals surface area contributed by atoms with Crippen LogP contribution in [0.1, 0.15) is 18.2 Å². The molecule has 92 valence electrons. The molecule has 0 aliphatic carbocycles. The minimum absolute atomic E-state index is 0.495. The van der Waals surface area contributed by atoms with Crippen molar-refractivity contribution >= 4 is 11.3 Å². The van der Waals surface area contributed by atoms with Gasteiger partial charge in [-0.15, -0.1) is 5.10 Å². The zero-order valence-corrected chi connectivity index (χ0v) is 10.7. The summed E-state index contributed by atoms with van der Waals surface area (Å²) in [6, 6.07) is 1.94. The summed E-state index contributed by atoms with van der Waals surface area (Å²) in [7, 11) is 1.85. The van der Waals surface area contributed by atoms with E-state index in [4.69, 9.17) is 0 Å². The molecule has 0 fully saturated rings. The van der Waals surface area contributed by atoms with Crippen LogP contribution in [0.25, 0.3) is 0 Å². The van der Waals surface area contributed by atoms with Crippen LogP contribution >= 0.6 is 11.3 Å². The van der Waals surface area contributed by atoms with E-state index in [9.17, 15) is 5.11 Å². The first-order chi connectivity index (χ1) is 8.09. The number of thiophene rings is 1. The molecule has 1 atom stereocenters. The first-order valence-corrected chi connectivity index (χ1v) is 6.33. The van der Waals surface area contributed by atoms with Gasteiger partial charge < -0.3 is 10.4 Å². The van der Waals surface area contributed by atoms with E-state index in [0.717, 1.165) is 11.3 Å². The van der Waals surface area contributed by atoms with Crippen LogP contribution in [0.4, 0.5) is 0 Å². The van der Waals surface area contributed by atoms with Crippen LogP contribution in [0, 0.1) is 0 Å². The maximum atomic E-state index is 10.3. The van der Waals surface area contributed by atoms with E-state index in [0.29, 0.717) is 13.1 Å². The minimum Gasteiger partial charge on any atom is -0.384 e. The standard InChI is InChI=1S/C11H16N4OS/c1-11(16,9-3-4-17-7-9)8-12-5-10-6-13-14-15(10)2/h3-4,6-7,12,16H,5,8H2,1-2H3. The van der Waals surface area contributed by atoms with Gasteiger partial charge in [-0.2, -0.15) is 11.3 Å². The van der Waals surface area contributed by atoms with Gasteiger partial charge in [0.2, 0.25) is 0 Å². The molecule has 2 heterocycles. The zero-order valence-electron chi connectivity index (χ0n) is 9.92. The molecule has 2 aromatic heterocycles. The zero-order chi connectivity index (χ0) is 12.3. The van der Waals surface area contributed by atoms with Gasteiger partial charge in [0.15, 0.2) is 0 Å². The summed E-state index contributed by atoms with van der Waals surface area (Å²) in [4.78, 5) is 0. The molecule has 2 rings (SSSR count). The van der Waals surface area contributed by atoms with Gasteiger partial charge in [-0.05, 0) is 29.3 Å². The van der Waals surface area contributed by atoms with Crippen LogP contribution in [0.2, 0.25) is 0 Å². The third-order valence-corrected chi connectivity index (χ3v) is 3.41. The first kappa shape index (κ1) is 12.2. The molecule has 0 amide bonds. The van der Waals surface area contributed by atoms with Gasteiger partial charge in [0.1, 0.15) is 0 Å². The molecule has 0 saturated heterocycles. The molecule has 0 aliphatic rings. The largest absolute Gasteiger partial charge is 0.384 e. The van der Waals surface area contributed by atoms with Gasteiger partial charge in [-0.3, -0.25) is 4.68 Å². The lowest BCUT2D eigenvalue weighted by atomic mass is 9.99. The molecule has 0 aliphatic heterocycles. The Labute approximate surface area is 104 Å². The summed E-state index contributed by atoms with van der Waals surface area (Å²) >= 11 is 1.59. The number of nitrogens with one attached hydrogen (secondary N) is 1. The summed E-state index contributed by atoms with van der Waals surface area (Å²) in [6.07, 6.45) is 1.71. The molecule has 0 spiro atoms. The molecule has 6 heteroatoms. The summed E-state index contributed by atoms with van der Waals surface area (Å²) in [5.41, 5.74) is 1.09. The normalized spacial score (nSPS) is 14.8. The van der Waals surface area contributed by atoms with Crippen molar-refractivity contribution in [3.8, 4) is 0 Å². The van der Waals surface area contributed by atoms with Crippen LogP contribution in [0.3, 0.4) is 0 Å². The highest BCUT2D eigenvalue weighted by Crippen LogP contribution is 2.21. The quantitative estimate of drug-likeness (QED) is 0.829. The van der Waals surface area contributed by atoms with Gasteiger partial charge in [-0.25, -0.2) is 0 Å². The molecule has 2 aromatic rings. The van der Waals surface area contributed by atoms with Crippen molar-refractivity contribution in [2.24, 2.45) is 7.05 Å². The number of hydrogen-bond acceptors (Lipinski definition) is 5. The molecule has 0 aromatic carbocycles. The van der Waals surface area contributed by atoms with Crippen molar-refractivity contribution in [1.82, 2.24) is 20.3 Å². The molecular weight excluding hydrogens is 236 g/mol. The molecule has 2 N–H and O–H groups in total. The average Bonchev–Trinajstić information content (AvgIpc) is 2.90. The van der Waals surface area contributed by atoms with Gasteiger partial charge >= 0.3 is 0 Å². The van der Waals surface area contributed by atoms with Crippen LogP contribution in [0.15, 0.2) is 23.0 Å². The van der Waals surface area contributed by atoms with Gasteiger partial charge in [0, 0.05) is 20.1 Å². The number of aromatic nitrogens is 3. The SMILES string of the molecule is Cn1nncc1CNCC(C)(O)c1ccsc1. The van der Waals surface area contributed by atoms with Crippen molar-refractivity contribution in [3.63, 3.8) is 0 Å². The number of rotatable bonds is 5. The highest BCUT2D eigenvalue weighted by Gasteiger charge is 2.22. The van der Waals surface area contributed by atoms with Gasteiger partial charge in [0.25, 0.3) is 0 Å². The Kier molecular flexibility index (Phi) is 3.56. The Hall–Kier alpha value is -1.24. The number of hydrogen-bond donors (Lipinski definition) is 2. The van der Waals surface area contributed by atoms with Gasteiger partial charge in [0.05, 0.1) is 17.5 Å². The topological polar surface area (TPSA) is 63.0 Å². The van der Waals surface area contributed by atoms with E-state index in [1.54, 1.807) is 22.2 Å². The summed E-state index contributed by atoms with van der Waals surface area (Å²) < 4.78 is 1.71. The van der Waals surface area contributed by atoms with Crippen LogP contribution in [-0.2, 0) is 19.2 Å². The Bertz CT molecular complexity index is 464. The number of aliphatic hydroxyl groups is 1. The van der Waals surface area contributed by atoms with E-state index in [1.807, 2.05) is 30.8 Å². The van der Waals surface area contributed by atoms with Crippen molar-refractivity contribution < 1.29 is 5.11 Å². The van der Waals surface area contributed by atoms with E-state index < -0.39 is 5.60 Å². The molecule has 17 heavy (non-hydrogen) atoms. The summed E-state index contributed by atoms with van der Waals surface area (Å²) in [5.74, 6) is 0. The van der Waals surface area contributed by atoms with Crippen molar-refractivity contribution in [2.75, 3.05) is 6.54 Å². The fourth-order valence-corrected chi connectivity index (χ4v) is 2.36. The second kappa shape index (κ2) is 4.95. The minimum atomic E-state index is -0.841. The van der Waals surface area contributed by atoms with Crippen molar-refractivity contribution in [2.45, 2.75) is 19.1 Å². The Morgan fingerprint density at radius 1 is 1.59 bits per heavy atom. The third kappa shape index (κ3) is 2.91. The van der Waals surface area contributed by atoms with E-state index in [2.05, 4.69) is 15.6 Å². The third-order valence-electron chi connectivity index (χ3n) is 2.73. The lowest BCUT2D eigenvalue weighted by Gasteiger charge is -2.22. The molecule has 1 unspecified atom stereocenters.